The van der Waals surface area contributed by atoms with Crippen molar-refractivity contribution >= 4 is 44.7 Å². The van der Waals surface area contributed by atoms with Crippen LogP contribution in [-0.2, 0) is 17.9 Å². The van der Waals surface area contributed by atoms with Gasteiger partial charge in [-0.25, -0.2) is 4.79 Å². The fraction of sp³-hybridized carbons (Fsp3) is 0.235. The second-order valence-corrected chi connectivity index (χ2v) is 6.80. The molecule has 2 heterocycles. The summed E-state index contributed by atoms with van der Waals surface area (Å²) in [5, 5.41) is 4.86. The third-order valence-corrected chi connectivity index (χ3v) is 5.02. The Bertz CT molecular complexity index is 1100. The Kier molecular flexibility index (Phi) is 5.15. The minimum atomic E-state index is -0.517. The van der Waals surface area contributed by atoms with Crippen molar-refractivity contribution in [1.29, 1.82) is 0 Å². The zero-order valence-corrected chi connectivity index (χ0v) is 15.7. The molecule has 3 rings (SSSR count). The Hall–Kier alpha value is -2.58. The van der Waals surface area contributed by atoms with Gasteiger partial charge in [-0.1, -0.05) is 11.6 Å². The minimum Gasteiger partial charge on any atom is -0.495 e. The van der Waals surface area contributed by atoms with Crippen molar-refractivity contribution in [1.82, 2.24) is 9.13 Å². The molecule has 0 aliphatic carbocycles. The highest BCUT2D eigenvalue weighted by Crippen LogP contribution is 2.27. The summed E-state index contributed by atoms with van der Waals surface area (Å²) in [5.74, 6) is 0.0239. The van der Waals surface area contributed by atoms with Crippen molar-refractivity contribution in [2.45, 2.75) is 20.0 Å². The fourth-order valence-corrected chi connectivity index (χ4v) is 3.69. The van der Waals surface area contributed by atoms with E-state index in [1.807, 2.05) is 0 Å². The van der Waals surface area contributed by atoms with Crippen molar-refractivity contribution < 1.29 is 9.53 Å². The summed E-state index contributed by atoms with van der Waals surface area (Å²) in [5.41, 5.74) is -0.00129. The van der Waals surface area contributed by atoms with E-state index in [1.165, 1.54) is 23.0 Å². The Morgan fingerprint density at radius 1 is 1.27 bits per heavy atom. The van der Waals surface area contributed by atoms with Gasteiger partial charge in [-0.15, -0.1) is 11.3 Å². The lowest BCUT2D eigenvalue weighted by Gasteiger charge is -2.13. The van der Waals surface area contributed by atoms with Gasteiger partial charge in [0, 0.05) is 11.6 Å². The summed E-state index contributed by atoms with van der Waals surface area (Å²) in [6.45, 7) is 1.71. The van der Waals surface area contributed by atoms with Crippen molar-refractivity contribution in [2.75, 3.05) is 12.4 Å². The zero-order chi connectivity index (χ0) is 18.8. The van der Waals surface area contributed by atoms with Gasteiger partial charge in [0.2, 0.25) is 5.91 Å². The first-order chi connectivity index (χ1) is 12.5. The van der Waals surface area contributed by atoms with E-state index < -0.39 is 11.6 Å². The average Bonchev–Trinajstić information content (AvgIpc) is 3.09. The van der Waals surface area contributed by atoms with Crippen LogP contribution in [0, 0.1) is 0 Å². The van der Waals surface area contributed by atoms with Gasteiger partial charge in [0.05, 0.1) is 18.3 Å². The zero-order valence-electron chi connectivity index (χ0n) is 14.1. The summed E-state index contributed by atoms with van der Waals surface area (Å²) in [6, 6.07) is 6.51. The highest BCUT2D eigenvalue weighted by molar-refractivity contribution is 7.17. The largest absolute Gasteiger partial charge is 0.495 e. The van der Waals surface area contributed by atoms with Crippen LogP contribution in [0.2, 0.25) is 5.02 Å². The number of hydrogen-bond acceptors (Lipinski definition) is 5. The van der Waals surface area contributed by atoms with Gasteiger partial charge in [-0.3, -0.25) is 18.7 Å². The van der Waals surface area contributed by atoms with E-state index in [0.717, 1.165) is 4.57 Å². The van der Waals surface area contributed by atoms with Crippen LogP contribution in [0.4, 0.5) is 5.69 Å². The molecule has 2 aromatic heterocycles. The van der Waals surface area contributed by atoms with Gasteiger partial charge < -0.3 is 10.1 Å². The number of hydrogen-bond donors (Lipinski definition) is 1. The molecule has 26 heavy (non-hydrogen) atoms. The normalized spacial score (nSPS) is 10.9. The quantitative estimate of drug-likeness (QED) is 0.722. The number of nitrogens with one attached hydrogen (secondary N) is 1. The summed E-state index contributed by atoms with van der Waals surface area (Å²) < 4.78 is 8.06. The number of nitrogens with zero attached hydrogens (tertiary/aromatic N) is 2. The van der Waals surface area contributed by atoms with Gasteiger partial charge in [0.25, 0.3) is 5.56 Å². The van der Waals surface area contributed by atoms with Crippen LogP contribution in [0.1, 0.15) is 6.92 Å². The van der Waals surface area contributed by atoms with Crippen molar-refractivity contribution in [2.24, 2.45) is 0 Å². The number of carbonyl (C=O) groups excluding carboxylic acids is 1. The molecule has 0 aliphatic heterocycles. The molecule has 9 heteroatoms. The van der Waals surface area contributed by atoms with Gasteiger partial charge >= 0.3 is 5.69 Å². The van der Waals surface area contributed by atoms with E-state index in [4.69, 9.17) is 16.3 Å². The SMILES string of the molecule is CCn1c(=O)c2sccc2n(CC(=O)Nc2cc(Cl)ccc2OC)c1=O. The summed E-state index contributed by atoms with van der Waals surface area (Å²) in [7, 11) is 1.48. The van der Waals surface area contributed by atoms with E-state index in [0.29, 0.717) is 26.7 Å². The second kappa shape index (κ2) is 7.35. The number of benzene rings is 1. The van der Waals surface area contributed by atoms with Crippen LogP contribution >= 0.6 is 22.9 Å². The highest BCUT2D eigenvalue weighted by atomic mass is 35.5. The predicted octanol–water partition coefficient (Wildman–Crippen LogP) is 2.55. The van der Waals surface area contributed by atoms with E-state index in [2.05, 4.69) is 5.32 Å². The topological polar surface area (TPSA) is 82.3 Å². The number of aromatic nitrogens is 2. The molecule has 1 aromatic carbocycles. The van der Waals surface area contributed by atoms with Crippen molar-refractivity contribution in [3.05, 3.63) is 55.5 Å². The number of fused-ring (bicyclic) bond motifs is 1. The van der Waals surface area contributed by atoms with Gasteiger partial charge in [-0.05, 0) is 36.6 Å². The summed E-state index contributed by atoms with van der Waals surface area (Å²) in [4.78, 5) is 37.4. The van der Waals surface area contributed by atoms with Crippen LogP contribution in [0.25, 0.3) is 10.2 Å². The smallest absolute Gasteiger partial charge is 0.331 e. The van der Waals surface area contributed by atoms with Gasteiger partial charge in [0.1, 0.15) is 17.0 Å². The first kappa shape index (κ1) is 18.2. The third kappa shape index (κ3) is 3.25. The van der Waals surface area contributed by atoms with E-state index in [1.54, 1.807) is 36.6 Å². The molecule has 3 aromatic rings. The molecular weight excluding hydrogens is 378 g/mol. The van der Waals surface area contributed by atoms with Crippen LogP contribution in [0.5, 0.6) is 5.75 Å². The number of amides is 1. The average molecular weight is 394 g/mol. The van der Waals surface area contributed by atoms with Crippen LogP contribution in [0.3, 0.4) is 0 Å². The molecule has 0 radical (unpaired) electrons. The van der Waals surface area contributed by atoms with E-state index >= 15 is 0 Å². The number of anilines is 1. The molecular formula is C17H16ClN3O4S. The Morgan fingerprint density at radius 3 is 2.73 bits per heavy atom. The molecule has 0 saturated carbocycles. The lowest BCUT2D eigenvalue weighted by atomic mass is 10.3. The lowest BCUT2D eigenvalue weighted by Crippen LogP contribution is -2.40. The standard InChI is InChI=1S/C17H16ClN3O4S/c1-3-20-16(23)15-12(6-7-26-15)21(17(20)24)9-14(22)19-11-8-10(18)4-5-13(11)25-2/h4-8H,3,9H2,1-2H3,(H,19,22). The maximum atomic E-state index is 12.6. The molecule has 1 N–H and O–H groups in total. The maximum absolute atomic E-state index is 12.6. The number of ether oxygens (including phenoxy) is 1. The molecule has 1 amide bonds. The van der Waals surface area contributed by atoms with Crippen molar-refractivity contribution in [3.63, 3.8) is 0 Å². The number of carbonyl (C=O) groups is 1. The summed E-state index contributed by atoms with van der Waals surface area (Å²) in [6.07, 6.45) is 0. The summed E-state index contributed by atoms with van der Waals surface area (Å²) >= 11 is 7.21. The maximum Gasteiger partial charge on any atom is 0.331 e. The predicted molar refractivity (Wildman–Crippen MR) is 103 cm³/mol. The molecule has 0 saturated heterocycles. The lowest BCUT2D eigenvalue weighted by molar-refractivity contribution is -0.116. The van der Waals surface area contributed by atoms with Crippen molar-refractivity contribution in [3.8, 4) is 5.75 Å². The molecule has 136 valence electrons. The molecule has 0 fully saturated rings. The molecule has 0 spiro atoms. The number of rotatable bonds is 5. The number of thiophene rings is 1. The van der Waals surface area contributed by atoms with E-state index in [9.17, 15) is 14.4 Å². The number of halogens is 1. The minimum absolute atomic E-state index is 0.231. The molecule has 7 nitrogen and oxygen atoms in total. The first-order valence-corrected chi connectivity index (χ1v) is 9.06. The van der Waals surface area contributed by atoms with Gasteiger partial charge in [0.15, 0.2) is 0 Å². The third-order valence-electron chi connectivity index (χ3n) is 3.89. The molecule has 0 atom stereocenters. The molecule has 0 bridgehead atoms. The number of methoxy groups -OCH3 is 1. The molecule has 0 unspecified atom stereocenters. The first-order valence-electron chi connectivity index (χ1n) is 7.80. The Morgan fingerprint density at radius 2 is 2.04 bits per heavy atom. The second-order valence-electron chi connectivity index (χ2n) is 5.45. The highest BCUT2D eigenvalue weighted by Gasteiger charge is 2.16. The van der Waals surface area contributed by atoms with Gasteiger partial charge in [-0.2, -0.15) is 0 Å². The van der Waals surface area contributed by atoms with Crippen LogP contribution in [0.15, 0.2) is 39.2 Å². The Labute approximate surface area is 157 Å². The van der Waals surface area contributed by atoms with Crippen LogP contribution in [-0.4, -0.2) is 22.2 Å². The van der Waals surface area contributed by atoms with Crippen LogP contribution < -0.4 is 21.3 Å². The monoisotopic (exact) mass is 393 g/mol. The Balaban J connectivity index is 1.98. The molecule has 0 aliphatic rings. The fourth-order valence-electron chi connectivity index (χ4n) is 2.68. The van der Waals surface area contributed by atoms with E-state index in [-0.39, 0.29) is 18.6 Å².